The number of nitrogens with one attached hydrogen (secondary N) is 1. The fourth-order valence-corrected chi connectivity index (χ4v) is 3.36. The number of aliphatic imine (C=N–C) groups is 1. The number of hydrogen-bond acceptors (Lipinski definition) is 5. The second-order valence-electron chi connectivity index (χ2n) is 4.98. The van der Waals surface area contributed by atoms with Gasteiger partial charge in [0.05, 0.1) is 17.2 Å². The molecule has 2 aliphatic rings. The summed E-state index contributed by atoms with van der Waals surface area (Å²) < 4.78 is 0. The number of nitrogens with zero attached hydrogens (tertiary/aromatic N) is 2. The first-order chi connectivity index (χ1) is 9.56. The molecule has 1 atom stereocenters. The quantitative estimate of drug-likeness (QED) is 0.805. The van der Waals surface area contributed by atoms with E-state index >= 15 is 0 Å². The Kier molecular flexibility index (Phi) is 3.25. The average molecular weight is 289 g/mol. The molecule has 2 amide bonds. The van der Waals surface area contributed by atoms with Crippen LogP contribution in [0.4, 0.5) is 5.69 Å². The lowest BCUT2D eigenvalue weighted by Crippen LogP contribution is -2.24. The Hall–Kier alpha value is -1.82. The molecule has 1 N–H and O–H groups in total. The van der Waals surface area contributed by atoms with Gasteiger partial charge >= 0.3 is 0 Å². The van der Waals surface area contributed by atoms with E-state index in [0.29, 0.717) is 17.2 Å². The summed E-state index contributed by atoms with van der Waals surface area (Å²) in [6.45, 7) is 2.08. The fraction of sp³-hybridized carbons (Fsp3) is 0.357. The first kappa shape index (κ1) is 13.2. The molecule has 0 saturated heterocycles. The van der Waals surface area contributed by atoms with Gasteiger partial charge in [-0.15, -0.1) is 0 Å². The van der Waals surface area contributed by atoms with Crippen LogP contribution in [0.25, 0.3) is 0 Å². The third-order valence-electron chi connectivity index (χ3n) is 3.45. The lowest BCUT2D eigenvalue weighted by Gasteiger charge is -2.17. The molecule has 6 heteroatoms. The maximum absolute atomic E-state index is 11.9. The summed E-state index contributed by atoms with van der Waals surface area (Å²) in [6.07, 6.45) is 1.08. The van der Waals surface area contributed by atoms with Crippen molar-refractivity contribution < 1.29 is 9.59 Å². The molecule has 5 nitrogen and oxygen atoms in total. The van der Waals surface area contributed by atoms with Gasteiger partial charge in [-0.2, -0.15) is 0 Å². The standard InChI is InChI=1S/C14H15N3O2S/c1-8-5-6-20-14(15-8)16-9-3-4-10-11(7-9)13(19)17(2)12(10)18/h3-4,7-8H,5-6H2,1-2H3,(H,15,16). The molecule has 0 aliphatic carbocycles. The Morgan fingerprint density at radius 3 is 2.80 bits per heavy atom. The average Bonchev–Trinajstić information content (AvgIpc) is 2.64. The number of carbonyl (C=O) groups excluding carboxylic acids is 2. The van der Waals surface area contributed by atoms with Gasteiger partial charge < -0.3 is 5.32 Å². The fourth-order valence-electron chi connectivity index (χ4n) is 2.26. The molecule has 1 aromatic carbocycles. The SMILES string of the molecule is CC1CCSC(Nc2ccc3c(c2)C(=O)N(C)C3=O)=N1. The highest BCUT2D eigenvalue weighted by atomic mass is 32.2. The Morgan fingerprint density at radius 1 is 1.30 bits per heavy atom. The van der Waals surface area contributed by atoms with Crippen LogP contribution in [0.2, 0.25) is 0 Å². The van der Waals surface area contributed by atoms with Crippen molar-refractivity contribution in [2.24, 2.45) is 4.99 Å². The minimum absolute atomic E-state index is 0.241. The van der Waals surface area contributed by atoms with Gasteiger partial charge in [0.15, 0.2) is 5.17 Å². The van der Waals surface area contributed by atoms with Crippen LogP contribution < -0.4 is 5.32 Å². The molecule has 20 heavy (non-hydrogen) atoms. The van der Waals surface area contributed by atoms with Crippen molar-refractivity contribution in [3.05, 3.63) is 29.3 Å². The molecular weight excluding hydrogens is 274 g/mol. The van der Waals surface area contributed by atoms with Crippen molar-refractivity contribution in [3.63, 3.8) is 0 Å². The number of fused-ring (bicyclic) bond motifs is 1. The maximum atomic E-state index is 11.9. The first-order valence-corrected chi connectivity index (χ1v) is 7.49. The van der Waals surface area contributed by atoms with Crippen molar-refractivity contribution >= 4 is 34.4 Å². The van der Waals surface area contributed by atoms with Gasteiger partial charge in [-0.3, -0.25) is 19.5 Å². The van der Waals surface area contributed by atoms with Crippen molar-refractivity contribution in [1.29, 1.82) is 0 Å². The normalized spacial score (nSPS) is 21.8. The van der Waals surface area contributed by atoms with Crippen molar-refractivity contribution in [2.45, 2.75) is 19.4 Å². The summed E-state index contributed by atoms with van der Waals surface area (Å²) in [4.78, 5) is 29.4. The van der Waals surface area contributed by atoms with E-state index in [1.165, 1.54) is 7.05 Å². The Bertz CT molecular complexity index is 627. The lowest BCUT2D eigenvalue weighted by molar-refractivity contribution is 0.0693. The summed E-state index contributed by atoms with van der Waals surface area (Å²) in [5, 5.41) is 4.09. The number of amides is 2. The molecule has 0 fully saturated rings. The van der Waals surface area contributed by atoms with Gasteiger partial charge in [0.25, 0.3) is 11.8 Å². The summed E-state index contributed by atoms with van der Waals surface area (Å²) >= 11 is 1.67. The van der Waals surface area contributed by atoms with Crippen LogP contribution in [0.1, 0.15) is 34.1 Å². The number of amidine groups is 1. The summed E-state index contributed by atoms with van der Waals surface area (Å²) in [5.74, 6) is 0.549. The van der Waals surface area contributed by atoms with Gasteiger partial charge in [0.2, 0.25) is 0 Å². The predicted molar refractivity (Wildman–Crippen MR) is 80.5 cm³/mol. The van der Waals surface area contributed by atoms with E-state index in [9.17, 15) is 9.59 Å². The third-order valence-corrected chi connectivity index (χ3v) is 4.37. The number of rotatable bonds is 1. The van der Waals surface area contributed by atoms with Crippen LogP contribution in [-0.4, -0.2) is 40.7 Å². The van der Waals surface area contributed by atoms with E-state index in [1.54, 1.807) is 23.9 Å². The highest BCUT2D eigenvalue weighted by Crippen LogP contribution is 2.26. The highest BCUT2D eigenvalue weighted by Gasteiger charge is 2.32. The topological polar surface area (TPSA) is 61.8 Å². The number of carbonyl (C=O) groups is 2. The molecule has 0 aromatic heterocycles. The second kappa shape index (κ2) is 4.94. The Balaban J connectivity index is 1.87. The van der Waals surface area contributed by atoms with Crippen molar-refractivity contribution in [3.8, 4) is 0 Å². The minimum atomic E-state index is -0.250. The number of hydrogen-bond donors (Lipinski definition) is 1. The molecule has 0 radical (unpaired) electrons. The number of anilines is 1. The molecule has 2 aliphatic heterocycles. The van der Waals surface area contributed by atoms with Crippen LogP contribution in [-0.2, 0) is 0 Å². The van der Waals surface area contributed by atoms with Crippen molar-refractivity contribution in [1.82, 2.24) is 4.90 Å². The molecule has 0 bridgehead atoms. The van der Waals surface area contributed by atoms with Gasteiger partial charge in [-0.05, 0) is 31.5 Å². The molecular formula is C14H15N3O2S. The van der Waals surface area contributed by atoms with E-state index in [2.05, 4.69) is 17.2 Å². The lowest BCUT2D eigenvalue weighted by atomic mass is 10.1. The van der Waals surface area contributed by atoms with Gasteiger partial charge in [0, 0.05) is 18.5 Å². The Morgan fingerprint density at radius 2 is 2.05 bits per heavy atom. The zero-order valence-corrected chi connectivity index (χ0v) is 12.2. The van der Waals surface area contributed by atoms with Crippen LogP contribution in [0.3, 0.4) is 0 Å². The van der Waals surface area contributed by atoms with Crippen LogP contribution in [0.15, 0.2) is 23.2 Å². The van der Waals surface area contributed by atoms with Crippen LogP contribution >= 0.6 is 11.8 Å². The van der Waals surface area contributed by atoms with Gasteiger partial charge in [-0.25, -0.2) is 0 Å². The largest absolute Gasteiger partial charge is 0.335 e. The predicted octanol–water partition coefficient (Wildman–Crippen LogP) is 2.21. The van der Waals surface area contributed by atoms with E-state index in [4.69, 9.17) is 0 Å². The number of benzene rings is 1. The number of imide groups is 1. The molecule has 104 valence electrons. The molecule has 0 saturated carbocycles. The van der Waals surface area contributed by atoms with E-state index in [-0.39, 0.29) is 11.8 Å². The zero-order valence-electron chi connectivity index (χ0n) is 11.3. The first-order valence-electron chi connectivity index (χ1n) is 6.50. The van der Waals surface area contributed by atoms with Crippen LogP contribution in [0.5, 0.6) is 0 Å². The molecule has 3 rings (SSSR count). The van der Waals surface area contributed by atoms with E-state index < -0.39 is 0 Å². The summed E-state index contributed by atoms with van der Waals surface area (Å²) in [7, 11) is 1.50. The highest BCUT2D eigenvalue weighted by molar-refractivity contribution is 8.14. The molecule has 1 unspecified atom stereocenters. The molecule has 1 aromatic rings. The summed E-state index contributed by atoms with van der Waals surface area (Å²) in [5.41, 5.74) is 1.71. The van der Waals surface area contributed by atoms with Gasteiger partial charge in [-0.1, -0.05) is 11.8 Å². The minimum Gasteiger partial charge on any atom is -0.335 e. The van der Waals surface area contributed by atoms with E-state index in [1.807, 2.05) is 6.07 Å². The monoisotopic (exact) mass is 289 g/mol. The zero-order chi connectivity index (χ0) is 14.3. The maximum Gasteiger partial charge on any atom is 0.261 e. The van der Waals surface area contributed by atoms with E-state index in [0.717, 1.165) is 27.9 Å². The summed E-state index contributed by atoms with van der Waals surface area (Å²) in [6, 6.07) is 5.55. The molecule has 2 heterocycles. The Labute approximate surface area is 121 Å². The van der Waals surface area contributed by atoms with Gasteiger partial charge in [0.1, 0.15) is 0 Å². The third kappa shape index (κ3) is 2.20. The second-order valence-corrected chi connectivity index (χ2v) is 6.06. The van der Waals surface area contributed by atoms with Crippen molar-refractivity contribution in [2.75, 3.05) is 18.1 Å². The van der Waals surface area contributed by atoms with Crippen LogP contribution in [0, 0.1) is 0 Å². The molecule has 0 spiro atoms. The number of thioether (sulfide) groups is 1. The smallest absolute Gasteiger partial charge is 0.261 e.